The van der Waals surface area contributed by atoms with E-state index < -0.39 is 6.10 Å². The number of pyridine rings is 1. The molecule has 0 spiro atoms. The summed E-state index contributed by atoms with van der Waals surface area (Å²) in [5, 5.41) is 9.32. The first-order valence-corrected chi connectivity index (χ1v) is 6.04. The molecule has 0 aliphatic carbocycles. The van der Waals surface area contributed by atoms with Crippen LogP contribution in [0.25, 0.3) is 0 Å². The van der Waals surface area contributed by atoms with Crippen LogP contribution in [0.5, 0.6) is 0 Å². The van der Waals surface area contributed by atoms with Gasteiger partial charge in [0.15, 0.2) is 0 Å². The largest absolute Gasteiger partial charge is 0.387 e. The second-order valence-electron chi connectivity index (χ2n) is 3.65. The summed E-state index contributed by atoms with van der Waals surface area (Å²) in [5.74, 6) is -0.247. The summed E-state index contributed by atoms with van der Waals surface area (Å²) < 4.78 is 13.0. The van der Waals surface area contributed by atoms with Crippen molar-refractivity contribution < 1.29 is 9.50 Å². The highest BCUT2D eigenvalue weighted by Crippen LogP contribution is 2.27. The van der Waals surface area contributed by atoms with E-state index in [1.165, 1.54) is 23.9 Å². The molecule has 1 aromatic heterocycles. The van der Waals surface area contributed by atoms with Gasteiger partial charge in [0, 0.05) is 16.0 Å². The minimum atomic E-state index is -0.566. The molecule has 0 aliphatic heterocycles. The predicted octanol–water partition coefficient (Wildman–Crippen LogP) is 3.43. The first kappa shape index (κ1) is 12.1. The molecule has 2 nitrogen and oxygen atoms in total. The lowest BCUT2D eigenvalue weighted by molar-refractivity contribution is 0.194. The number of aliphatic hydroxyl groups excluding tert-OH is 1. The van der Waals surface area contributed by atoms with Crippen LogP contribution in [0.15, 0.2) is 52.4 Å². The van der Waals surface area contributed by atoms with Crippen LogP contribution in [0.3, 0.4) is 0 Å². The summed E-state index contributed by atoms with van der Waals surface area (Å²) in [6.07, 6.45) is 1.11. The molecule has 0 amide bonds. The molecule has 1 N–H and O–H groups in total. The first-order valence-electron chi connectivity index (χ1n) is 5.22. The Balaban J connectivity index is 2.14. The maximum absolute atomic E-state index is 13.0. The summed E-state index contributed by atoms with van der Waals surface area (Å²) in [7, 11) is 0. The summed E-state index contributed by atoms with van der Waals surface area (Å²) in [6, 6.07) is 10.1. The molecule has 0 saturated heterocycles. The molecule has 0 fully saturated rings. The first-order chi connectivity index (χ1) is 8.15. The average molecular weight is 249 g/mol. The van der Waals surface area contributed by atoms with Crippen molar-refractivity contribution in [3.63, 3.8) is 0 Å². The van der Waals surface area contributed by atoms with Crippen LogP contribution in [0.2, 0.25) is 0 Å². The van der Waals surface area contributed by atoms with Gasteiger partial charge in [-0.3, -0.25) is 4.98 Å². The summed E-state index contributed by atoms with van der Waals surface area (Å²) in [4.78, 5) is 5.88. The highest BCUT2D eigenvalue weighted by atomic mass is 32.2. The van der Waals surface area contributed by atoms with E-state index in [0.717, 1.165) is 9.79 Å². The lowest BCUT2D eigenvalue weighted by atomic mass is 10.2. The van der Waals surface area contributed by atoms with Crippen LogP contribution in [0.1, 0.15) is 18.7 Å². The average Bonchev–Trinajstić information content (AvgIpc) is 2.29. The van der Waals surface area contributed by atoms with Crippen LogP contribution < -0.4 is 0 Å². The second-order valence-corrected chi connectivity index (χ2v) is 4.80. The molecule has 4 heteroatoms. The van der Waals surface area contributed by atoms with E-state index in [1.54, 1.807) is 25.3 Å². The van der Waals surface area contributed by atoms with Gasteiger partial charge in [-0.05, 0) is 37.3 Å². The van der Waals surface area contributed by atoms with Gasteiger partial charge in [0.25, 0.3) is 0 Å². The van der Waals surface area contributed by atoms with E-state index in [-0.39, 0.29) is 5.82 Å². The van der Waals surface area contributed by atoms with Gasteiger partial charge in [0.1, 0.15) is 5.82 Å². The molecule has 88 valence electrons. The Hall–Kier alpha value is -1.39. The molecule has 2 aromatic rings. The molecular weight excluding hydrogens is 237 g/mol. The predicted molar refractivity (Wildman–Crippen MR) is 65.4 cm³/mol. The number of benzene rings is 1. The van der Waals surface area contributed by atoms with Crippen molar-refractivity contribution in [2.24, 2.45) is 0 Å². The fraction of sp³-hybridized carbons (Fsp3) is 0.154. The Morgan fingerprint density at radius 2 is 2.06 bits per heavy atom. The molecule has 0 bridgehead atoms. The van der Waals surface area contributed by atoms with Crippen LogP contribution in [0.4, 0.5) is 4.39 Å². The topological polar surface area (TPSA) is 33.1 Å². The standard InChI is InChI=1S/C13H12FNOS/c1-9(16)13-6-5-12(8-15-13)17-11-4-2-3-10(14)7-11/h2-9,16H,1H3. The van der Waals surface area contributed by atoms with Gasteiger partial charge >= 0.3 is 0 Å². The van der Waals surface area contributed by atoms with Gasteiger partial charge in [-0.25, -0.2) is 4.39 Å². The monoisotopic (exact) mass is 249 g/mol. The fourth-order valence-corrected chi connectivity index (χ4v) is 2.20. The Morgan fingerprint density at radius 3 is 2.65 bits per heavy atom. The van der Waals surface area contributed by atoms with Gasteiger partial charge in [0.2, 0.25) is 0 Å². The van der Waals surface area contributed by atoms with Crippen LogP contribution >= 0.6 is 11.8 Å². The van der Waals surface area contributed by atoms with Gasteiger partial charge in [-0.15, -0.1) is 0 Å². The molecule has 0 aliphatic rings. The van der Waals surface area contributed by atoms with E-state index in [1.807, 2.05) is 12.1 Å². The van der Waals surface area contributed by atoms with Gasteiger partial charge in [-0.2, -0.15) is 0 Å². The lowest BCUT2D eigenvalue weighted by Crippen LogP contribution is -1.94. The molecular formula is C13H12FNOS. The van der Waals surface area contributed by atoms with Crippen molar-refractivity contribution >= 4 is 11.8 Å². The number of nitrogens with zero attached hydrogens (tertiary/aromatic N) is 1. The number of aliphatic hydroxyl groups is 1. The number of halogens is 1. The third-order valence-corrected chi connectivity index (χ3v) is 3.19. The second kappa shape index (κ2) is 5.29. The molecule has 1 heterocycles. The Morgan fingerprint density at radius 1 is 1.24 bits per heavy atom. The van der Waals surface area contributed by atoms with Crippen LogP contribution in [0, 0.1) is 5.82 Å². The van der Waals surface area contributed by atoms with Crippen molar-refractivity contribution in [3.05, 3.63) is 54.1 Å². The minimum absolute atomic E-state index is 0.247. The highest BCUT2D eigenvalue weighted by molar-refractivity contribution is 7.99. The van der Waals surface area contributed by atoms with Crippen LogP contribution in [-0.2, 0) is 0 Å². The van der Waals surface area contributed by atoms with Crippen molar-refractivity contribution in [3.8, 4) is 0 Å². The number of hydrogen-bond donors (Lipinski definition) is 1. The molecule has 2 rings (SSSR count). The maximum atomic E-state index is 13.0. The molecule has 0 saturated carbocycles. The molecule has 0 radical (unpaired) electrons. The van der Waals surface area contributed by atoms with Crippen molar-refractivity contribution in [1.82, 2.24) is 4.98 Å². The quantitative estimate of drug-likeness (QED) is 0.904. The normalized spacial score (nSPS) is 12.4. The van der Waals surface area contributed by atoms with Gasteiger partial charge < -0.3 is 5.11 Å². The van der Waals surface area contributed by atoms with E-state index in [4.69, 9.17) is 0 Å². The van der Waals surface area contributed by atoms with E-state index >= 15 is 0 Å². The van der Waals surface area contributed by atoms with Crippen molar-refractivity contribution in [2.75, 3.05) is 0 Å². The maximum Gasteiger partial charge on any atom is 0.124 e. The zero-order valence-electron chi connectivity index (χ0n) is 9.30. The van der Waals surface area contributed by atoms with E-state index in [2.05, 4.69) is 4.98 Å². The summed E-state index contributed by atoms with van der Waals surface area (Å²) in [5.41, 5.74) is 0.633. The third kappa shape index (κ3) is 3.28. The Bertz CT molecular complexity index is 499. The Kier molecular flexibility index (Phi) is 3.76. The number of aromatic nitrogens is 1. The molecule has 17 heavy (non-hydrogen) atoms. The molecule has 1 atom stereocenters. The van der Waals surface area contributed by atoms with Crippen molar-refractivity contribution in [2.45, 2.75) is 22.8 Å². The fourth-order valence-electron chi connectivity index (χ4n) is 1.37. The zero-order chi connectivity index (χ0) is 12.3. The smallest absolute Gasteiger partial charge is 0.124 e. The van der Waals surface area contributed by atoms with E-state index in [9.17, 15) is 9.50 Å². The third-order valence-electron chi connectivity index (χ3n) is 2.22. The SMILES string of the molecule is CC(O)c1ccc(Sc2cccc(F)c2)cn1. The van der Waals surface area contributed by atoms with Gasteiger partial charge in [0.05, 0.1) is 11.8 Å². The van der Waals surface area contributed by atoms with E-state index in [0.29, 0.717) is 5.69 Å². The summed E-state index contributed by atoms with van der Waals surface area (Å²) in [6.45, 7) is 1.67. The minimum Gasteiger partial charge on any atom is -0.387 e. The van der Waals surface area contributed by atoms with Crippen LogP contribution in [-0.4, -0.2) is 10.1 Å². The zero-order valence-corrected chi connectivity index (χ0v) is 10.1. The Labute approximate surface area is 104 Å². The lowest BCUT2D eigenvalue weighted by Gasteiger charge is -2.05. The highest BCUT2D eigenvalue weighted by Gasteiger charge is 2.03. The van der Waals surface area contributed by atoms with Crippen molar-refractivity contribution in [1.29, 1.82) is 0 Å². The molecule has 1 aromatic carbocycles. The molecule has 1 unspecified atom stereocenters. The van der Waals surface area contributed by atoms with Gasteiger partial charge in [-0.1, -0.05) is 17.8 Å². The number of rotatable bonds is 3. The number of hydrogen-bond acceptors (Lipinski definition) is 3. The summed E-state index contributed by atoms with van der Waals surface area (Å²) >= 11 is 1.44.